The summed E-state index contributed by atoms with van der Waals surface area (Å²) in [6.07, 6.45) is -4.89. The molecule has 0 atom stereocenters. The number of aromatic amines is 1. The Hall–Kier alpha value is -2.94. The first-order valence-electron chi connectivity index (χ1n) is 7.61. The summed E-state index contributed by atoms with van der Waals surface area (Å²) < 4.78 is 51.8. The molecule has 160 valence electrons. The van der Waals surface area contributed by atoms with Crippen LogP contribution in [0.4, 0.5) is 23.2 Å². The molecule has 30 heavy (non-hydrogen) atoms. The summed E-state index contributed by atoms with van der Waals surface area (Å²) >= 11 is 3.55. The quantitative estimate of drug-likeness (QED) is 0.136. The average Bonchev–Trinajstić information content (AvgIpc) is 2.69. The maximum Gasteiger partial charge on any atom is 0.421 e. The van der Waals surface area contributed by atoms with Gasteiger partial charge in [-0.05, 0) is 40.2 Å². The highest BCUT2D eigenvalue weighted by Crippen LogP contribution is 2.27. The summed E-state index contributed by atoms with van der Waals surface area (Å²) in [5.41, 5.74) is -3.47. The van der Waals surface area contributed by atoms with Crippen molar-refractivity contribution in [1.82, 2.24) is 10.2 Å². The van der Waals surface area contributed by atoms with Crippen LogP contribution in [0.5, 0.6) is 0 Å². The number of nitrogens with one attached hydrogen (secondary N) is 3. The molecule has 2 rings (SSSR count). The van der Waals surface area contributed by atoms with Gasteiger partial charge in [-0.3, -0.25) is 10.2 Å². The average molecular weight is 511 g/mol. The van der Waals surface area contributed by atoms with Gasteiger partial charge in [-0.25, -0.2) is 9.49 Å². The highest BCUT2D eigenvalue weighted by atomic mass is 79.9. The topological polar surface area (TPSA) is 147 Å². The zero-order valence-electron chi connectivity index (χ0n) is 14.5. The Bertz CT molecular complexity index is 1070. The first-order chi connectivity index (χ1) is 14.1. The van der Waals surface area contributed by atoms with Crippen molar-refractivity contribution in [3.05, 3.63) is 56.2 Å². The lowest BCUT2D eigenvalue weighted by Crippen LogP contribution is -2.28. The van der Waals surface area contributed by atoms with Gasteiger partial charge >= 0.3 is 6.18 Å². The Kier molecular flexibility index (Phi) is 7.55. The molecule has 1 aromatic carbocycles. The second-order valence-electron chi connectivity index (χ2n) is 5.37. The van der Waals surface area contributed by atoms with Crippen LogP contribution in [0.1, 0.15) is 11.3 Å². The van der Waals surface area contributed by atoms with Crippen molar-refractivity contribution >= 4 is 50.0 Å². The van der Waals surface area contributed by atoms with Crippen molar-refractivity contribution in [3.63, 3.8) is 0 Å². The third kappa shape index (κ3) is 5.79. The van der Waals surface area contributed by atoms with Gasteiger partial charge in [-0.2, -0.15) is 18.3 Å². The van der Waals surface area contributed by atoms with Gasteiger partial charge in [0.2, 0.25) is 0 Å². The molecule has 0 aliphatic carbocycles. The third-order valence-electron chi connectivity index (χ3n) is 3.34. The Labute approximate surface area is 177 Å². The van der Waals surface area contributed by atoms with Gasteiger partial charge in [0, 0.05) is 11.4 Å². The fraction of sp³-hybridized carbons (Fsp3) is 0.133. The predicted molar refractivity (Wildman–Crippen MR) is 105 cm³/mol. The lowest BCUT2D eigenvalue weighted by atomic mass is 10.2. The maximum atomic E-state index is 13.3. The van der Waals surface area contributed by atoms with Crippen LogP contribution in [0, 0.1) is 11.2 Å². The van der Waals surface area contributed by atoms with Gasteiger partial charge in [0.25, 0.3) is 5.56 Å². The molecular weight excluding hydrogens is 500 g/mol. The standard InChI is InChI=1S/C15H11BrF4N6O3S/c16-9-4-6(1-2-10(9)17)22-12(25-28)11(21)14(26-29)30-5-7-3-8(15(18,19)20)13(27)24-23-7/h1-4,21,28-29H,5H2,(H,22,25)(H,24,27)/b21-11?,26-14+. The lowest BCUT2D eigenvalue weighted by Gasteiger charge is -2.11. The molecular formula is C15H11BrF4N6O3S. The van der Waals surface area contributed by atoms with Crippen LogP contribution in [0.2, 0.25) is 0 Å². The molecule has 9 nitrogen and oxygen atoms in total. The first kappa shape index (κ1) is 23.3. The van der Waals surface area contributed by atoms with E-state index in [1.54, 1.807) is 5.10 Å². The minimum Gasteiger partial charge on any atom is -0.410 e. The Morgan fingerprint density at radius 3 is 2.57 bits per heavy atom. The fourth-order valence-corrected chi connectivity index (χ4v) is 3.08. The normalized spacial score (nSPS) is 12.7. The largest absolute Gasteiger partial charge is 0.421 e. The van der Waals surface area contributed by atoms with E-state index in [-0.39, 0.29) is 21.6 Å². The molecule has 15 heteroatoms. The number of oxime groups is 2. The van der Waals surface area contributed by atoms with Gasteiger partial charge in [-0.1, -0.05) is 22.1 Å². The van der Waals surface area contributed by atoms with E-state index in [9.17, 15) is 22.4 Å². The zero-order chi connectivity index (χ0) is 22.5. The molecule has 0 aliphatic heterocycles. The summed E-state index contributed by atoms with van der Waals surface area (Å²) in [6.45, 7) is 0. The van der Waals surface area contributed by atoms with Crippen LogP contribution < -0.4 is 10.9 Å². The molecule has 0 radical (unpaired) electrons. The van der Waals surface area contributed by atoms with Gasteiger partial charge in [0.05, 0.1) is 10.2 Å². The molecule has 1 aromatic heterocycles. The molecule has 0 aliphatic rings. The van der Waals surface area contributed by atoms with E-state index in [0.717, 1.165) is 6.07 Å². The number of halogens is 5. The zero-order valence-corrected chi connectivity index (χ0v) is 16.9. The number of alkyl halides is 3. The third-order valence-corrected chi connectivity index (χ3v) is 4.95. The van der Waals surface area contributed by atoms with Crippen LogP contribution in [0.15, 0.2) is 43.8 Å². The number of aromatic nitrogens is 2. The summed E-state index contributed by atoms with van der Waals surface area (Å²) in [5.74, 6) is -1.36. The Morgan fingerprint density at radius 2 is 2.00 bits per heavy atom. The van der Waals surface area contributed by atoms with Crippen molar-refractivity contribution in [2.75, 3.05) is 5.32 Å². The van der Waals surface area contributed by atoms with Crippen molar-refractivity contribution in [1.29, 1.82) is 5.41 Å². The molecule has 1 heterocycles. The number of H-pyrrole nitrogens is 1. The number of hydrogen-bond acceptors (Lipinski definition) is 8. The molecule has 0 bridgehead atoms. The molecule has 0 saturated heterocycles. The van der Waals surface area contributed by atoms with E-state index in [1.165, 1.54) is 12.1 Å². The highest BCUT2D eigenvalue weighted by molar-refractivity contribution is 9.10. The molecule has 0 fully saturated rings. The summed E-state index contributed by atoms with van der Waals surface area (Å²) in [6, 6.07) is 4.20. The smallest absolute Gasteiger partial charge is 0.410 e. The molecule has 5 N–H and O–H groups in total. The highest BCUT2D eigenvalue weighted by Gasteiger charge is 2.34. The number of thioether (sulfide) groups is 1. The number of hydrogen-bond donors (Lipinski definition) is 5. The molecule has 0 unspecified atom stereocenters. The second kappa shape index (κ2) is 9.71. The second-order valence-corrected chi connectivity index (χ2v) is 7.19. The van der Waals surface area contributed by atoms with Crippen molar-refractivity contribution < 1.29 is 28.0 Å². The minimum atomic E-state index is -4.89. The molecule has 2 aromatic rings. The van der Waals surface area contributed by atoms with E-state index < -0.39 is 39.7 Å². The number of nitrogens with zero attached hydrogens (tertiary/aromatic N) is 3. The molecule has 0 spiro atoms. The SMILES string of the molecule is N=C(/C(=N/O)Nc1ccc(F)c(Br)c1)/C(=N\O)SCc1cc(C(F)(F)F)c(=O)[nH]n1. The number of benzene rings is 1. The predicted octanol–water partition coefficient (Wildman–Crippen LogP) is 3.63. The van der Waals surface area contributed by atoms with Crippen LogP contribution in [-0.2, 0) is 11.9 Å². The van der Waals surface area contributed by atoms with E-state index in [1.807, 2.05) is 0 Å². The van der Waals surface area contributed by atoms with E-state index >= 15 is 0 Å². The van der Waals surface area contributed by atoms with Gasteiger partial charge in [-0.15, -0.1) is 0 Å². The van der Waals surface area contributed by atoms with Crippen LogP contribution in [0.3, 0.4) is 0 Å². The van der Waals surface area contributed by atoms with E-state index in [4.69, 9.17) is 15.8 Å². The molecule has 0 amide bonds. The van der Waals surface area contributed by atoms with Crippen molar-refractivity contribution in [3.8, 4) is 0 Å². The summed E-state index contributed by atoms with van der Waals surface area (Å²) in [4.78, 5) is 11.2. The summed E-state index contributed by atoms with van der Waals surface area (Å²) in [5, 5.41) is 39.3. The molecule has 0 saturated carbocycles. The lowest BCUT2D eigenvalue weighted by molar-refractivity contribution is -0.138. The Morgan fingerprint density at radius 1 is 1.30 bits per heavy atom. The van der Waals surface area contributed by atoms with Gasteiger partial charge in [0.15, 0.2) is 10.9 Å². The van der Waals surface area contributed by atoms with Crippen LogP contribution in [0.25, 0.3) is 0 Å². The van der Waals surface area contributed by atoms with Gasteiger partial charge in [0.1, 0.15) is 17.1 Å². The monoisotopic (exact) mass is 510 g/mol. The van der Waals surface area contributed by atoms with Crippen molar-refractivity contribution in [2.24, 2.45) is 10.3 Å². The number of anilines is 1. The number of rotatable bonds is 5. The Balaban J connectivity index is 2.14. The maximum absolute atomic E-state index is 13.3. The fourth-order valence-electron chi connectivity index (χ4n) is 1.97. The van der Waals surface area contributed by atoms with Gasteiger partial charge < -0.3 is 15.7 Å². The van der Waals surface area contributed by atoms with E-state index in [2.05, 4.69) is 36.7 Å². The van der Waals surface area contributed by atoms with Crippen LogP contribution in [-0.4, -0.2) is 37.2 Å². The minimum absolute atomic E-state index is 0.0892. The summed E-state index contributed by atoms with van der Waals surface area (Å²) in [7, 11) is 0. The van der Waals surface area contributed by atoms with Crippen LogP contribution >= 0.6 is 27.7 Å². The number of amidine groups is 1. The first-order valence-corrected chi connectivity index (χ1v) is 9.38. The van der Waals surface area contributed by atoms with E-state index in [0.29, 0.717) is 17.8 Å². The van der Waals surface area contributed by atoms with Crippen molar-refractivity contribution in [2.45, 2.75) is 11.9 Å².